The number of nitrogens with two attached hydrogens (primary N) is 1. The van der Waals surface area contributed by atoms with Crippen LogP contribution in [0.1, 0.15) is 24.2 Å². The second kappa shape index (κ2) is 8.68. The van der Waals surface area contributed by atoms with Crippen molar-refractivity contribution in [3.63, 3.8) is 0 Å². The molecule has 2 rings (SSSR count). The van der Waals surface area contributed by atoms with Gasteiger partial charge in [-0.25, -0.2) is 13.6 Å². The number of hydrogen-bond acceptors (Lipinski definition) is 6. The van der Waals surface area contributed by atoms with Crippen LogP contribution >= 0.6 is 0 Å². The molecule has 0 bridgehead atoms. The van der Waals surface area contributed by atoms with Gasteiger partial charge in [-0.3, -0.25) is 14.5 Å². The number of nitrogens with one attached hydrogen (secondary N) is 1. The number of rotatable bonds is 6. The Morgan fingerprint density at radius 2 is 1.85 bits per heavy atom. The molecule has 0 saturated carbocycles. The highest BCUT2D eigenvalue weighted by Crippen LogP contribution is 2.24. The molecule has 1 aromatic carbocycles. The molecule has 1 aromatic rings. The fourth-order valence-electron chi connectivity index (χ4n) is 2.88. The second-order valence-corrected chi connectivity index (χ2v) is 8.26. The third-order valence-corrected chi connectivity index (χ3v) is 5.12. The smallest absolute Gasteiger partial charge is 0.257 e. The molecule has 1 heterocycles. The summed E-state index contributed by atoms with van der Waals surface area (Å²) in [7, 11) is -2.52. The molecule has 0 spiro atoms. The molecule has 1 saturated heterocycles. The molecule has 9 nitrogen and oxygen atoms in total. The molecule has 10 heteroatoms. The SMILES string of the molecule is COc1ccc(S(N)(=O)=O)cc1C(=O)N1CCN(CC(=O)NC(C)C)CC1. The van der Waals surface area contributed by atoms with E-state index < -0.39 is 10.0 Å². The van der Waals surface area contributed by atoms with E-state index in [-0.39, 0.29) is 40.6 Å². The summed E-state index contributed by atoms with van der Waals surface area (Å²) in [5.74, 6) is -0.0953. The molecule has 3 N–H and O–H groups in total. The zero-order chi connectivity index (χ0) is 20.2. The molecular weight excluding hydrogens is 372 g/mol. The minimum absolute atomic E-state index is 0.0488. The van der Waals surface area contributed by atoms with Gasteiger partial charge in [0.05, 0.1) is 24.1 Å². The third kappa shape index (κ3) is 5.65. The highest BCUT2D eigenvalue weighted by Gasteiger charge is 2.26. The van der Waals surface area contributed by atoms with Crippen molar-refractivity contribution >= 4 is 21.8 Å². The second-order valence-electron chi connectivity index (χ2n) is 6.70. The van der Waals surface area contributed by atoms with Gasteiger partial charge >= 0.3 is 0 Å². The van der Waals surface area contributed by atoms with E-state index in [1.54, 1.807) is 4.90 Å². The van der Waals surface area contributed by atoms with E-state index in [0.29, 0.717) is 26.2 Å². The van der Waals surface area contributed by atoms with Crippen LogP contribution in [0, 0.1) is 0 Å². The lowest BCUT2D eigenvalue weighted by Crippen LogP contribution is -2.51. The monoisotopic (exact) mass is 398 g/mol. The Bertz CT molecular complexity index is 802. The zero-order valence-corrected chi connectivity index (χ0v) is 16.6. The fourth-order valence-corrected chi connectivity index (χ4v) is 3.42. The molecule has 0 aromatic heterocycles. The van der Waals surface area contributed by atoms with Gasteiger partial charge in [-0.2, -0.15) is 0 Å². The minimum Gasteiger partial charge on any atom is -0.496 e. The molecule has 0 aliphatic carbocycles. The van der Waals surface area contributed by atoms with Crippen LogP contribution in [0.5, 0.6) is 5.75 Å². The van der Waals surface area contributed by atoms with Gasteiger partial charge in [0.1, 0.15) is 5.75 Å². The number of sulfonamides is 1. The summed E-state index contributed by atoms with van der Waals surface area (Å²) in [6, 6.07) is 4.04. The van der Waals surface area contributed by atoms with Crippen molar-refractivity contribution in [2.24, 2.45) is 5.14 Å². The van der Waals surface area contributed by atoms with Crippen LogP contribution in [0.2, 0.25) is 0 Å². The van der Waals surface area contributed by atoms with E-state index in [1.165, 1.54) is 25.3 Å². The maximum atomic E-state index is 12.8. The highest BCUT2D eigenvalue weighted by atomic mass is 32.2. The summed E-state index contributed by atoms with van der Waals surface area (Å²) in [5.41, 5.74) is 0.148. The summed E-state index contributed by atoms with van der Waals surface area (Å²) in [5, 5.41) is 8.00. The molecular formula is C17H26N4O5S. The molecule has 1 fully saturated rings. The number of primary sulfonamides is 1. The summed E-state index contributed by atoms with van der Waals surface area (Å²) < 4.78 is 28.3. The Morgan fingerprint density at radius 3 is 2.37 bits per heavy atom. The first-order chi connectivity index (χ1) is 12.6. The van der Waals surface area contributed by atoms with Gasteiger partial charge in [0.25, 0.3) is 5.91 Å². The maximum absolute atomic E-state index is 12.8. The predicted molar refractivity (Wildman–Crippen MR) is 100.0 cm³/mol. The van der Waals surface area contributed by atoms with Crippen LogP contribution in [0.4, 0.5) is 0 Å². The van der Waals surface area contributed by atoms with Crippen molar-refractivity contribution in [2.75, 3.05) is 39.8 Å². The maximum Gasteiger partial charge on any atom is 0.257 e. The van der Waals surface area contributed by atoms with Gasteiger partial charge in [-0.05, 0) is 32.0 Å². The lowest BCUT2D eigenvalue weighted by Gasteiger charge is -2.34. The predicted octanol–water partition coefficient (Wildman–Crippen LogP) is -0.375. The van der Waals surface area contributed by atoms with Crippen molar-refractivity contribution in [1.29, 1.82) is 0 Å². The third-order valence-electron chi connectivity index (χ3n) is 4.21. The zero-order valence-electron chi connectivity index (χ0n) is 15.8. The van der Waals surface area contributed by atoms with E-state index in [2.05, 4.69) is 5.32 Å². The van der Waals surface area contributed by atoms with E-state index >= 15 is 0 Å². The summed E-state index contributed by atoms with van der Waals surface area (Å²) in [6.07, 6.45) is 0. The molecule has 1 aliphatic heterocycles. The number of nitrogens with zero attached hydrogens (tertiary/aromatic N) is 2. The van der Waals surface area contributed by atoms with Crippen molar-refractivity contribution in [3.8, 4) is 5.75 Å². The van der Waals surface area contributed by atoms with Gasteiger partial charge in [0.2, 0.25) is 15.9 Å². The molecule has 2 amide bonds. The number of piperazine rings is 1. The number of hydrogen-bond donors (Lipinski definition) is 2. The van der Waals surface area contributed by atoms with Crippen LogP contribution in [-0.2, 0) is 14.8 Å². The van der Waals surface area contributed by atoms with Crippen molar-refractivity contribution in [3.05, 3.63) is 23.8 Å². The summed E-state index contributed by atoms with van der Waals surface area (Å²) >= 11 is 0. The van der Waals surface area contributed by atoms with Crippen LogP contribution in [-0.4, -0.2) is 75.9 Å². The summed E-state index contributed by atoms with van der Waals surface area (Å²) in [6.45, 7) is 6.04. The first kappa shape index (κ1) is 21.1. The number of methoxy groups -OCH3 is 1. The van der Waals surface area contributed by atoms with Gasteiger partial charge in [0, 0.05) is 32.2 Å². The fraction of sp³-hybridized carbons (Fsp3) is 0.529. The number of amides is 2. The summed E-state index contributed by atoms with van der Waals surface area (Å²) in [4.78, 5) is 28.1. The van der Waals surface area contributed by atoms with Crippen molar-refractivity contribution in [2.45, 2.75) is 24.8 Å². The average molecular weight is 398 g/mol. The minimum atomic E-state index is -3.93. The van der Waals surface area contributed by atoms with Crippen LogP contribution in [0.3, 0.4) is 0 Å². The Kier molecular flexibility index (Phi) is 6.79. The molecule has 150 valence electrons. The Balaban J connectivity index is 2.06. The molecule has 27 heavy (non-hydrogen) atoms. The van der Waals surface area contributed by atoms with Gasteiger partial charge < -0.3 is 15.0 Å². The van der Waals surface area contributed by atoms with Crippen LogP contribution in [0.15, 0.2) is 23.1 Å². The number of carbonyl (C=O) groups is 2. The van der Waals surface area contributed by atoms with E-state index in [1.807, 2.05) is 18.7 Å². The first-order valence-corrected chi connectivity index (χ1v) is 10.2. The van der Waals surface area contributed by atoms with E-state index in [0.717, 1.165) is 0 Å². The van der Waals surface area contributed by atoms with E-state index in [9.17, 15) is 18.0 Å². The van der Waals surface area contributed by atoms with E-state index in [4.69, 9.17) is 9.88 Å². The Hall–Kier alpha value is -2.17. The first-order valence-electron chi connectivity index (χ1n) is 8.63. The molecule has 1 aliphatic rings. The van der Waals surface area contributed by atoms with Gasteiger partial charge in [-0.1, -0.05) is 0 Å². The highest BCUT2D eigenvalue weighted by molar-refractivity contribution is 7.89. The average Bonchev–Trinajstić information content (AvgIpc) is 2.59. The van der Waals surface area contributed by atoms with Crippen molar-refractivity contribution < 1.29 is 22.7 Å². The van der Waals surface area contributed by atoms with Crippen LogP contribution < -0.4 is 15.2 Å². The molecule has 0 radical (unpaired) electrons. The van der Waals surface area contributed by atoms with Gasteiger partial charge in [0.15, 0.2) is 0 Å². The lowest BCUT2D eigenvalue weighted by atomic mass is 10.1. The molecule has 0 unspecified atom stereocenters. The Labute approximate surface area is 159 Å². The van der Waals surface area contributed by atoms with Gasteiger partial charge in [-0.15, -0.1) is 0 Å². The number of carbonyl (C=O) groups excluding carboxylic acids is 2. The van der Waals surface area contributed by atoms with Crippen LogP contribution in [0.25, 0.3) is 0 Å². The largest absolute Gasteiger partial charge is 0.496 e. The normalized spacial score (nSPS) is 15.7. The van der Waals surface area contributed by atoms with Crippen molar-refractivity contribution in [1.82, 2.24) is 15.1 Å². The molecule has 0 atom stereocenters. The standard InChI is InChI=1S/C17H26N4O5S/c1-12(2)19-16(22)11-20-6-8-21(9-7-20)17(23)14-10-13(27(18,24)25)4-5-15(14)26-3/h4-5,10,12H,6-9,11H2,1-3H3,(H,19,22)(H2,18,24,25). The number of benzene rings is 1. The number of ether oxygens (including phenoxy) is 1. The lowest BCUT2D eigenvalue weighted by molar-refractivity contribution is -0.123. The Morgan fingerprint density at radius 1 is 1.22 bits per heavy atom. The quantitative estimate of drug-likeness (QED) is 0.674. The topological polar surface area (TPSA) is 122 Å².